The van der Waals surface area contributed by atoms with Gasteiger partial charge in [0.05, 0.1) is 12.5 Å². The molecule has 0 aliphatic rings. The van der Waals surface area contributed by atoms with Crippen molar-refractivity contribution in [3.05, 3.63) is 35.4 Å². The van der Waals surface area contributed by atoms with Crippen molar-refractivity contribution in [1.29, 1.82) is 0 Å². The molecule has 0 aliphatic carbocycles. The molecule has 6 nitrogen and oxygen atoms in total. The highest BCUT2D eigenvalue weighted by Crippen LogP contribution is 2.08. The number of carbonyl (C=O) groups is 2. The summed E-state index contributed by atoms with van der Waals surface area (Å²) in [4.78, 5) is 25.8. The Bertz CT molecular complexity index is 500. The van der Waals surface area contributed by atoms with Crippen LogP contribution in [0.4, 0.5) is 0 Å². The molecule has 24 heavy (non-hydrogen) atoms. The van der Waals surface area contributed by atoms with Crippen LogP contribution in [0.15, 0.2) is 24.3 Å². The Labute approximate surface area is 150 Å². The summed E-state index contributed by atoms with van der Waals surface area (Å²) >= 11 is 0. The van der Waals surface area contributed by atoms with Gasteiger partial charge in [-0.05, 0) is 31.5 Å². The highest BCUT2D eigenvalue weighted by molar-refractivity contribution is 5.94. The van der Waals surface area contributed by atoms with Gasteiger partial charge in [-0.25, -0.2) is 0 Å². The van der Waals surface area contributed by atoms with Gasteiger partial charge in [-0.2, -0.15) is 0 Å². The average molecular weight is 358 g/mol. The van der Waals surface area contributed by atoms with Gasteiger partial charge in [-0.1, -0.05) is 12.1 Å². The Morgan fingerprint density at radius 3 is 2.25 bits per heavy atom. The van der Waals surface area contributed by atoms with Gasteiger partial charge in [0.25, 0.3) is 5.91 Å². The van der Waals surface area contributed by atoms with Crippen LogP contribution in [0.25, 0.3) is 0 Å². The number of nitrogens with two attached hydrogens (primary N) is 1. The van der Waals surface area contributed by atoms with Gasteiger partial charge in [0.1, 0.15) is 0 Å². The molecule has 1 aromatic carbocycles. The van der Waals surface area contributed by atoms with E-state index in [0.717, 1.165) is 5.56 Å². The van der Waals surface area contributed by atoms with Gasteiger partial charge >= 0.3 is 0 Å². The number of hydrogen-bond acceptors (Lipinski definition) is 4. The molecule has 1 atom stereocenters. The van der Waals surface area contributed by atoms with Gasteiger partial charge in [0, 0.05) is 38.9 Å². The number of carbonyl (C=O) groups excluding carboxylic acids is 2. The fourth-order valence-corrected chi connectivity index (χ4v) is 2.20. The molecule has 0 aliphatic heterocycles. The van der Waals surface area contributed by atoms with E-state index in [0.29, 0.717) is 31.7 Å². The van der Waals surface area contributed by atoms with Crippen molar-refractivity contribution in [2.24, 2.45) is 5.73 Å². The fraction of sp³-hybridized carbons (Fsp3) is 0.529. The molecule has 0 fully saturated rings. The van der Waals surface area contributed by atoms with E-state index in [1.165, 1.54) is 7.11 Å². The van der Waals surface area contributed by atoms with E-state index >= 15 is 0 Å². The van der Waals surface area contributed by atoms with Crippen LogP contribution in [0, 0.1) is 0 Å². The first kappa shape index (κ1) is 22.4. The van der Waals surface area contributed by atoms with Crippen LogP contribution >= 0.6 is 12.4 Å². The zero-order valence-corrected chi connectivity index (χ0v) is 15.4. The van der Waals surface area contributed by atoms with Gasteiger partial charge in [0.15, 0.2) is 0 Å². The van der Waals surface area contributed by atoms with Crippen molar-refractivity contribution in [2.75, 3.05) is 26.7 Å². The Balaban J connectivity index is 0.00000529. The number of nitrogens with one attached hydrogen (secondary N) is 1. The Kier molecular flexibility index (Phi) is 11.0. The quantitative estimate of drug-likeness (QED) is 0.702. The summed E-state index contributed by atoms with van der Waals surface area (Å²) < 4.78 is 5.08. The summed E-state index contributed by atoms with van der Waals surface area (Å²) in [5, 5.41) is 2.82. The number of methoxy groups -OCH3 is 1. The molecular formula is C17H28ClN3O3. The van der Waals surface area contributed by atoms with Crippen LogP contribution in [0.1, 0.15) is 36.2 Å². The summed E-state index contributed by atoms with van der Waals surface area (Å²) in [7, 11) is 1.54. The zero-order chi connectivity index (χ0) is 17.2. The zero-order valence-electron chi connectivity index (χ0n) is 14.6. The Morgan fingerprint density at radius 1 is 1.21 bits per heavy atom. The summed E-state index contributed by atoms with van der Waals surface area (Å²) in [5.74, 6) is -0.0814. The van der Waals surface area contributed by atoms with E-state index in [2.05, 4.69) is 5.32 Å². The summed E-state index contributed by atoms with van der Waals surface area (Å²) in [6.45, 7) is 6.02. The number of ether oxygens (including phenoxy) is 1. The van der Waals surface area contributed by atoms with Crippen LogP contribution in [0.2, 0.25) is 0 Å². The van der Waals surface area contributed by atoms with E-state index in [1.807, 2.05) is 26.0 Å². The van der Waals surface area contributed by atoms with E-state index in [9.17, 15) is 9.59 Å². The van der Waals surface area contributed by atoms with Gasteiger partial charge < -0.3 is 20.7 Å². The maximum atomic E-state index is 12.2. The van der Waals surface area contributed by atoms with Crippen LogP contribution in [0.3, 0.4) is 0 Å². The van der Waals surface area contributed by atoms with Crippen molar-refractivity contribution >= 4 is 24.2 Å². The van der Waals surface area contributed by atoms with Gasteiger partial charge in [0.2, 0.25) is 5.91 Å². The summed E-state index contributed by atoms with van der Waals surface area (Å²) in [6, 6.07) is 7.29. The minimum atomic E-state index is -0.260. The third kappa shape index (κ3) is 6.86. The second-order valence-electron chi connectivity index (χ2n) is 5.25. The van der Waals surface area contributed by atoms with Crippen molar-refractivity contribution in [3.8, 4) is 0 Å². The Hall–Kier alpha value is -1.63. The third-order valence-corrected chi connectivity index (χ3v) is 3.75. The maximum absolute atomic E-state index is 12.2. The van der Waals surface area contributed by atoms with Gasteiger partial charge in [-0.3, -0.25) is 9.59 Å². The fourth-order valence-electron chi connectivity index (χ4n) is 2.20. The molecule has 1 aromatic rings. The number of amides is 2. The Morgan fingerprint density at radius 2 is 1.79 bits per heavy atom. The number of benzene rings is 1. The first-order valence-electron chi connectivity index (χ1n) is 7.93. The number of hydrogen-bond donors (Lipinski definition) is 2. The van der Waals surface area contributed by atoms with Crippen LogP contribution in [-0.2, 0) is 16.1 Å². The number of halogens is 1. The largest absolute Gasteiger partial charge is 0.380 e. The molecule has 0 bridgehead atoms. The van der Waals surface area contributed by atoms with Crippen LogP contribution in [0.5, 0.6) is 0 Å². The minimum absolute atomic E-state index is 0. The lowest BCUT2D eigenvalue weighted by Crippen LogP contribution is -2.32. The molecule has 0 heterocycles. The highest BCUT2D eigenvalue weighted by Gasteiger charge is 2.13. The van der Waals surface area contributed by atoms with Crippen molar-refractivity contribution in [2.45, 2.75) is 32.9 Å². The van der Waals surface area contributed by atoms with E-state index < -0.39 is 0 Å². The smallest absolute Gasteiger partial charge is 0.253 e. The molecule has 136 valence electrons. The standard InChI is InChI=1S/C17H27N3O3.ClH/c1-4-20(5-2)17(22)14-8-6-13(7-9-14)12-19-16(21)10-15(11-18)23-3;/h6-9,15H,4-5,10-12,18H2,1-3H3,(H,19,21);1H. The molecule has 0 radical (unpaired) electrons. The predicted molar refractivity (Wildman–Crippen MR) is 97.3 cm³/mol. The summed E-state index contributed by atoms with van der Waals surface area (Å²) in [5.41, 5.74) is 7.09. The first-order chi connectivity index (χ1) is 11.0. The topological polar surface area (TPSA) is 84.7 Å². The lowest BCUT2D eigenvalue weighted by atomic mass is 10.1. The monoisotopic (exact) mass is 357 g/mol. The lowest BCUT2D eigenvalue weighted by molar-refractivity contribution is -0.123. The maximum Gasteiger partial charge on any atom is 0.253 e. The SMILES string of the molecule is CCN(CC)C(=O)c1ccc(CNC(=O)CC(CN)OC)cc1.Cl. The molecule has 1 rings (SSSR count). The van der Waals surface area contributed by atoms with Gasteiger partial charge in [-0.15, -0.1) is 12.4 Å². The van der Waals surface area contributed by atoms with E-state index in [4.69, 9.17) is 10.5 Å². The molecule has 2 amide bonds. The molecule has 0 saturated carbocycles. The molecule has 0 aromatic heterocycles. The predicted octanol–water partition coefficient (Wildman–Crippen LogP) is 1.57. The van der Waals surface area contributed by atoms with Crippen LogP contribution in [-0.4, -0.2) is 49.6 Å². The van der Waals surface area contributed by atoms with Crippen LogP contribution < -0.4 is 11.1 Å². The van der Waals surface area contributed by atoms with E-state index in [-0.39, 0.29) is 36.7 Å². The second kappa shape index (κ2) is 11.8. The number of rotatable bonds is 9. The minimum Gasteiger partial charge on any atom is -0.380 e. The third-order valence-electron chi connectivity index (χ3n) is 3.75. The molecule has 0 saturated heterocycles. The molecule has 7 heteroatoms. The summed E-state index contributed by atoms with van der Waals surface area (Å²) in [6.07, 6.45) is -0.0185. The second-order valence-corrected chi connectivity index (χ2v) is 5.25. The normalized spacial score (nSPS) is 11.3. The highest BCUT2D eigenvalue weighted by atomic mass is 35.5. The molecule has 3 N–H and O–H groups in total. The number of nitrogens with zero attached hydrogens (tertiary/aromatic N) is 1. The average Bonchev–Trinajstić information content (AvgIpc) is 2.59. The molecular weight excluding hydrogens is 330 g/mol. The molecule has 0 spiro atoms. The van der Waals surface area contributed by atoms with Crippen molar-refractivity contribution < 1.29 is 14.3 Å². The molecule has 1 unspecified atom stereocenters. The first-order valence-corrected chi connectivity index (χ1v) is 7.93. The lowest BCUT2D eigenvalue weighted by Gasteiger charge is -2.18. The van der Waals surface area contributed by atoms with Crippen molar-refractivity contribution in [3.63, 3.8) is 0 Å². The van der Waals surface area contributed by atoms with E-state index in [1.54, 1.807) is 17.0 Å². The van der Waals surface area contributed by atoms with Crippen molar-refractivity contribution in [1.82, 2.24) is 10.2 Å².